The number of rotatable bonds is 7. The summed E-state index contributed by atoms with van der Waals surface area (Å²) < 4.78 is 11.3. The normalized spacial score (nSPS) is 19.3. The summed E-state index contributed by atoms with van der Waals surface area (Å²) in [6.45, 7) is -0.312. The van der Waals surface area contributed by atoms with Crippen LogP contribution in [0.5, 0.6) is 17.2 Å². The Balaban J connectivity index is 1.29. The van der Waals surface area contributed by atoms with Crippen LogP contribution in [0.15, 0.2) is 76.6 Å². The molecule has 4 aromatic rings. The lowest BCUT2D eigenvalue weighted by Gasteiger charge is -2.30. The van der Waals surface area contributed by atoms with Gasteiger partial charge in [-0.3, -0.25) is 19.2 Å². The predicted octanol–water partition coefficient (Wildman–Crippen LogP) is 4.62. The van der Waals surface area contributed by atoms with Crippen LogP contribution in [0.3, 0.4) is 0 Å². The summed E-state index contributed by atoms with van der Waals surface area (Å²) in [6, 6.07) is 17.6. The van der Waals surface area contributed by atoms with Gasteiger partial charge < -0.3 is 24.9 Å². The number of amides is 3. The van der Waals surface area contributed by atoms with E-state index in [9.17, 15) is 24.3 Å². The molecule has 3 aromatic carbocycles. The van der Waals surface area contributed by atoms with Crippen molar-refractivity contribution in [3.63, 3.8) is 0 Å². The number of carbonyl (C=O) groups is 3. The standard InChI is InChI=1S/C29H22ClN3O7S2/c1-39-20-12-14(2-11-19(20)40-13-21(35)31-16-5-9-18(34)10-6-16)22-23-25(41-26-24(22)42-29(38)32-26)28(37)33(27(23)36)17-7-3-15(30)4-8-17/h2-12,22-23,25,34H,13H2,1H3,(H,31,35)(H,32,38)/t22-,23?,25?/m1/s1. The molecule has 2 aliphatic heterocycles. The van der Waals surface area contributed by atoms with Gasteiger partial charge in [-0.25, -0.2) is 4.90 Å². The van der Waals surface area contributed by atoms with Gasteiger partial charge in [0, 0.05) is 21.5 Å². The summed E-state index contributed by atoms with van der Waals surface area (Å²) >= 11 is 8.22. The number of methoxy groups -OCH3 is 1. The number of nitrogens with one attached hydrogen (secondary N) is 2. The molecule has 42 heavy (non-hydrogen) atoms. The Bertz CT molecular complexity index is 1750. The second-order valence-corrected chi connectivity index (χ2v) is 12.1. The molecule has 0 radical (unpaired) electrons. The highest BCUT2D eigenvalue weighted by atomic mass is 35.5. The summed E-state index contributed by atoms with van der Waals surface area (Å²) in [6.07, 6.45) is 0. The number of hydrogen-bond acceptors (Lipinski definition) is 9. The minimum absolute atomic E-state index is 0.0809. The lowest BCUT2D eigenvalue weighted by Crippen LogP contribution is -2.32. The number of hydrogen-bond donors (Lipinski definition) is 3. The van der Waals surface area contributed by atoms with E-state index in [1.165, 1.54) is 35.9 Å². The van der Waals surface area contributed by atoms with Crippen LogP contribution in [0.2, 0.25) is 5.02 Å². The second kappa shape index (κ2) is 11.2. The number of thioether (sulfide) groups is 1. The lowest BCUT2D eigenvalue weighted by molar-refractivity contribution is -0.122. The summed E-state index contributed by atoms with van der Waals surface area (Å²) in [7, 11) is 1.45. The number of aromatic nitrogens is 1. The number of phenolic OH excluding ortho intramolecular Hbond substituents is 1. The molecule has 2 aliphatic rings. The van der Waals surface area contributed by atoms with Crippen molar-refractivity contribution >= 4 is 63.8 Å². The van der Waals surface area contributed by atoms with Gasteiger partial charge in [0.1, 0.15) is 11.0 Å². The highest BCUT2D eigenvalue weighted by molar-refractivity contribution is 8.00. The van der Waals surface area contributed by atoms with Crippen LogP contribution in [0.4, 0.5) is 11.4 Å². The average Bonchev–Trinajstić information content (AvgIpc) is 3.47. The summed E-state index contributed by atoms with van der Waals surface area (Å²) in [4.78, 5) is 56.6. The third kappa shape index (κ3) is 5.13. The zero-order chi connectivity index (χ0) is 29.5. The van der Waals surface area contributed by atoms with Crippen molar-refractivity contribution in [3.8, 4) is 17.2 Å². The summed E-state index contributed by atoms with van der Waals surface area (Å²) in [5.41, 5.74) is 1.57. The molecular formula is C29H22ClN3O7S2. The van der Waals surface area contributed by atoms with Crippen molar-refractivity contribution in [2.24, 2.45) is 5.92 Å². The third-order valence-electron chi connectivity index (χ3n) is 6.97. The molecule has 6 rings (SSSR count). The molecule has 2 unspecified atom stereocenters. The van der Waals surface area contributed by atoms with E-state index >= 15 is 0 Å². The molecule has 3 heterocycles. The minimum Gasteiger partial charge on any atom is -0.508 e. The first-order valence-corrected chi connectivity index (χ1v) is 14.7. The first-order chi connectivity index (χ1) is 20.2. The maximum atomic E-state index is 13.9. The summed E-state index contributed by atoms with van der Waals surface area (Å²) in [5.74, 6) is -1.85. The Hall–Kier alpha value is -4.26. The molecule has 10 nitrogen and oxygen atoms in total. The molecule has 0 aliphatic carbocycles. The van der Waals surface area contributed by atoms with Gasteiger partial charge in [0.05, 0.1) is 23.7 Å². The van der Waals surface area contributed by atoms with Gasteiger partial charge in [-0.05, 0) is 66.2 Å². The average molecular weight is 624 g/mol. The first kappa shape index (κ1) is 27.9. The zero-order valence-electron chi connectivity index (χ0n) is 21.8. The van der Waals surface area contributed by atoms with Crippen LogP contribution in [0.25, 0.3) is 0 Å². The molecule has 13 heteroatoms. The molecule has 3 amide bonds. The van der Waals surface area contributed by atoms with E-state index in [2.05, 4.69) is 10.3 Å². The molecule has 0 spiro atoms. The number of aromatic hydroxyl groups is 1. The Morgan fingerprint density at radius 3 is 2.48 bits per heavy atom. The van der Waals surface area contributed by atoms with Crippen molar-refractivity contribution < 1.29 is 29.0 Å². The number of carbonyl (C=O) groups excluding carboxylic acids is 3. The van der Waals surface area contributed by atoms with Gasteiger partial charge in [-0.2, -0.15) is 0 Å². The van der Waals surface area contributed by atoms with Crippen molar-refractivity contribution in [2.45, 2.75) is 16.2 Å². The number of thiazole rings is 1. The zero-order valence-corrected chi connectivity index (χ0v) is 24.2. The fraction of sp³-hybridized carbons (Fsp3) is 0.172. The Kier molecular flexibility index (Phi) is 7.43. The SMILES string of the molecule is COc1cc([C@H]2c3sc(=O)[nH]c3SC3C(=O)N(c4ccc(Cl)cc4)C(=O)C32)ccc1OCC(=O)Nc1ccc(O)cc1. The molecule has 1 saturated heterocycles. The van der Waals surface area contributed by atoms with Gasteiger partial charge in [0.2, 0.25) is 11.8 Å². The largest absolute Gasteiger partial charge is 0.508 e. The highest BCUT2D eigenvalue weighted by Gasteiger charge is 2.56. The number of fused-ring (bicyclic) bond motifs is 2. The van der Waals surface area contributed by atoms with Crippen LogP contribution in [-0.2, 0) is 14.4 Å². The Morgan fingerprint density at radius 1 is 1.02 bits per heavy atom. The molecule has 3 atom stereocenters. The third-order valence-corrected chi connectivity index (χ3v) is 9.62. The van der Waals surface area contributed by atoms with Crippen LogP contribution in [-0.4, -0.2) is 46.8 Å². The quantitative estimate of drug-likeness (QED) is 0.200. The van der Waals surface area contributed by atoms with Crippen molar-refractivity contribution in [1.29, 1.82) is 0 Å². The van der Waals surface area contributed by atoms with E-state index in [4.69, 9.17) is 21.1 Å². The van der Waals surface area contributed by atoms with Crippen molar-refractivity contribution in [2.75, 3.05) is 23.9 Å². The first-order valence-electron chi connectivity index (χ1n) is 12.7. The molecule has 0 bridgehead atoms. The van der Waals surface area contributed by atoms with Gasteiger partial charge in [-0.1, -0.05) is 40.8 Å². The molecular weight excluding hydrogens is 602 g/mol. The minimum atomic E-state index is -0.773. The second-order valence-electron chi connectivity index (χ2n) is 9.53. The molecule has 3 N–H and O–H groups in total. The molecule has 0 saturated carbocycles. The fourth-order valence-corrected chi connectivity index (χ4v) is 7.74. The van der Waals surface area contributed by atoms with Gasteiger partial charge >= 0.3 is 4.87 Å². The number of benzene rings is 3. The molecule has 214 valence electrons. The number of halogens is 1. The topological polar surface area (TPSA) is 138 Å². The maximum absolute atomic E-state index is 13.9. The number of phenols is 1. The van der Waals surface area contributed by atoms with E-state index in [-0.39, 0.29) is 29.0 Å². The van der Waals surface area contributed by atoms with Crippen molar-refractivity contribution in [1.82, 2.24) is 4.98 Å². The van der Waals surface area contributed by atoms with E-state index in [0.717, 1.165) is 11.3 Å². The lowest BCUT2D eigenvalue weighted by atomic mass is 9.83. The Morgan fingerprint density at radius 2 is 1.76 bits per heavy atom. The van der Waals surface area contributed by atoms with Gasteiger partial charge in [0.15, 0.2) is 18.1 Å². The van der Waals surface area contributed by atoms with Gasteiger partial charge in [-0.15, -0.1) is 0 Å². The number of imide groups is 1. The molecule has 1 aromatic heterocycles. The van der Waals surface area contributed by atoms with Crippen molar-refractivity contribution in [3.05, 3.63) is 91.9 Å². The van der Waals surface area contributed by atoms with Crippen LogP contribution < -0.4 is 24.6 Å². The monoisotopic (exact) mass is 623 g/mol. The van der Waals surface area contributed by atoms with Gasteiger partial charge in [0.25, 0.3) is 5.91 Å². The Labute approximate surface area is 252 Å². The predicted molar refractivity (Wildman–Crippen MR) is 159 cm³/mol. The number of aromatic amines is 1. The number of H-pyrrole nitrogens is 1. The van der Waals surface area contributed by atoms with Crippen LogP contribution in [0, 0.1) is 5.92 Å². The van der Waals surface area contributed by atoms with Crippen LogP contribution >= 0.6 is 34.7 Å². The van der Waals surface area contributed by atoms with E-state index in [0.29, 0.717) is 43.4 Å². The van der Waals surface area contributed by atoms with Crippen LogP contribution in [0.1, 0.15) is 16.4 Å². The smallest absolute Gasteiger partial charge is 0.305 e. The number of nitrogens with zero attached hydrogens (tertiary/aromatic N) is 1. The number of anilines is 2. The van der Waals surface area contributed by atoms with E-state index in [1.807, 2.05) is 0 Å². The maximum Gasteiger partial charge on any atom is 0.305 e. The molecule has 1 fully saturated rings. The fourth-order valence-electron chi connectivity index (χ4n) is 5.10. The van der Waals surface area contributed by atoms with E-state index < -0.39 is 23.0 Å². The van der Waals surface area contributed by atoms with E-state index in [1.54, 1.807) is 54.6 Å². The number of ether oxygens (including phenoxy) is 2. The summed E-state index contributed by atoms with van der Waals surface area (Å²) in [5, 5.41) is 12.4. The highest BCUT2D eigenvalue weighted by Crippen LogP contribution is 2.53.